The van der Waals surface area contributed by atoms with Gasteiger partial charge in [0.25, 0.3) is 0 Å². The van der Waals surface area contributed by atoms with Gasteiger partial charge in [0.15, 0.2) is 5.78 Å². The van der Waals surface area contributed by atoms with Crippen LogP contribution in [0.3, 0.4) is 0 Å². The second kappa shape index (κ2) is 10.8. The van der Waals surface area contributed by atoms with E-state index in [1.807, 2.05) is 6.92 Å². The Kier molecular flexibility index (Phi) is 8.68. The Morgan fingerprint density at radius 1 is 1.24 bits per heavy atom. The van der Waals surface area contributed by atoms with Crippen molar-refractivity contribution in [3.8, 4) is 0 Å². The minimum atomic E-state index is -0.326. The fourth-order valence-electron chi connectivity index (χ4n) is 3.19. The van der Waals surface area contributed by atoms with E-state index in [0.29, 0.717) is 0 Å². The van der Waals surface area contributed by atoms with E-state index in [-0.39, 0.29) is 48.5 Å². The third-order valence-electron chi connectivity index (χ3n) is 4.57. The first-order chi connectivity index (χ1) is 12.1. The van der Waals surface area contributed by atoms with Crippen molar-refractivity contribution in [3.05, 3.63) is 12.2 Å². The molecule has 2 atom stereocenters. The lowest BCUT2D eigenvalue weighted by Gasteiger charge is -2.17. The van der Waals surface area contributed by atoms with Crippen LogP contribution in [0.5, 0.6) is 0 Å². The zero-order valence-electron chi connectivity index (χ0n) is 15.1. The molecule has 2 unspecified atom stereocenters. The summed E-state index contributed by atoms with van der Waals surface area (Å²) < 4.78 is 5.74. The van der Waals surface area contributed by atoms with Crippen LogP contribution < -0.4 is 0 Å². The van der Waals surface area contributed by atoms with Gasteiger partial charge in [0.1, 0.15) is 6.61 Å². The Morgan fingerprint density at radius 3 is 2.80 bits per heavy atom. The summed E-state index contributed by atoms with van der Waals surface area (Å²) in [4.78, 5) is 37.4. The molecule has 2 aliphatic rings. The molecule has 0 aromatic heterocycles. The smallest absolute Gasteiger partial charge is 0.243 e. The lowest BCUT2D eigenvalue weighted by molar-refractivity contribution is -0.143. The molecule has 140 valence electrons. The van der Waals surface area contributed by atoms with Gasteiger partial charge in [0, 0.05) is 6.42 Å². The number of carbonyl (C=O) groups excluding carboxylic acids is 3. The number of thioether (sulfide) groups is 1. The second-order valence-electron chi connectivity index (χ2n) is 6.63. The number of ketones is 1. The predicted molar refractivity (Wildman–Crippen MR) is 99.5 cm³/mol. The van der Waals surface area contributed by atoms with Gasteiger partial charge in [-0.1, -0.05) is 44.8 Å². The number of rotatable bonds is 7. The molecular formula is C19H29NO4S. The minimum absolute atomic E-state index is 0.0440. The molecule has 1 aliphatic carbocycles. The average Bonchev–Trinajstić information content (AvgIpc) is 2.86. The highest BCUT2D eigenvalue weighted by molar-refractivity contribution is 8.00. The maximum absolute atomic E-state index is 12.2. The molecule has 25 heavy (non-hydrogen) atoms. The number of carbonyl (C=O) groups is 3. The summed E-state index contributed by atoms with van der Waals surface area (Å²) in [5.74, 6) is 0.0869. The number of hydrogen-bond donors (Lipinski definition) is 0. The van der Waals surface area contributed by atoms with E-state index in [2.05, 4.69) is 12.2 Å². The highest BCUT2D eigenvalue weighted by Gasteiger charge is 2.39. The molecule has 0 saturated carbocycles. The molecular weight excluding hydrogens is 338 g/mol. The van der Waals surface area contributed by atoms with Gasteiger partial charge in [-0.15, -0.1) is 11.8 Å². The van der Waals surface area contributed by atoms with Gasteiger partial charge in [0.2, 0.25) is 11.8 Å². The van der Waals surface area contributed by atoms with Crippen molar-refractivity contribution in [2.45, 2.75) is 69.6 Å². The quantitative estimate of drug-likeness (QED) is 0.511. The van der Waals surface area contributed by atoms with Gasteiger partial charge < -0.3 is 4.74 Å². The van der Waals surface area contributed by atoms with Gasteiger partial charge in [0.05, 0.1) is 17.9 Å². The standard InChI is InChI=1S/C19H29NO4S/c1-2-25-17-12-18(22)20(19(17)23)13-15(21)14-24-16-10-8-6-4-3-5-7-9-11-16/h8,10,16-17H,2-7,9,11-14H2,1H3/b10-8-. The summed E-state index contributed by atoms with van der Waals surface area (Å²) in [7, 11) is 0. The highest BCUT2D eigenvalue weighted by Crippen LogP contribution is 2.24. The Morgan fingerprint density at radius 2 is 2.00 bits per heavy atom. The van der Waals surface area contributed by atoms with E-state index >= 15 is 0 Å². The minimum Gasteiger partial charge on any atom is -0.366 e. The van der Waals surface area contributed by atoms with E-state index < -0.39 is 0 Å². The van der Waals surface area contributed by atoms with Crippen LogP contribution in [0, 0.1) is 0 Å². The van der Waals surface area contributed by atoms with Crippen molar-refractivity contribution in [2.75, 3.05) is 18.9 Å². The molecule has 2 rings (SSSR count). The lowest BCUT2D eigenvalue weighted by Crippen LogP contribution is -2.37. The van der Waals surface area contributed by atoms with Crippen LogP contribution in [-0.4, -0.2) is 52.8 Å². The summed E-state index contributed by atoms with van der Waals surface area (Å²) >= 11 is 1.46. The Labute approximate surface area is 154 Å². The zero-order valence-corrected chi connectivity index (χ0v) is 15.9. The summed E-state index contributed by atoms with van der Waals surface area (Å²) in [6, 6.07) is 0. The lowest BCUT2D eigenvalue weighted by atomic mass is 10.0. The maximum Gasteiger partial charge on any atom is 0.243 e. The van der Waals surface area contributed by atoms with E-state index in [1.165, 1.54) is 37.4 Å². The fraction of sp³-hybridized carbons (Fsp3) is 0.737. The summed E-state index contributed by atoms with van der Waals surface area (Å²) in [6.07, 6.45) is 12.4. The van der Waals surface area contributed by atoms with Crippen molar-refractivity contribution in [1.82, 2.24) is 4.90 Å². The molecule has 6 heteroatoms. The average molecular weight is 368 g/mol. The summed E-state index contributed by atoms with van der Waals surface area (Å²) in [5.41, 5.74) is 0. The Bertz CT molecular complexity index is 506. The molecule has 0 bridgehead atoms. The van der Waals surface area contributed by atoms with Gasteiger partial charge >= 0.3 is 0 Å². The number of likely N-dealkylation sites (tertiary alicyclic amines) is 1. The number of hydrogen-bond acceptors (Lipinski definition) is 5. The van der Waals surface area contributed by atoms with Crippen LogP contribution >= 0.6 is 11.8 Å². The van der Waals surface area contributed by atoms with Gasteiger partial charge in [-0.25, -0.2) is 0 Å². The number of Topliss-reactive ketones (excluding diaryl/α,β-unsaturated/α-hetero) is 1. The second-order valence-corrected chi connectivity index (χ2v) is 8.11. The zero-order chi connectivity index (χ0) is 18.1. The van der Waals surface area contributed by atoms with Crippen LogP contribution in [0.15, 0.2) is 12.2 Å². The number of ether oxygens (including phenoxy) is 1. The third-order valence-corrected chi connectivity index (χ3v) is 5.68. The molecule has 0 radical (unpaired) electrons. The number of amides is 2. The highest BCUT2D eigenvalue weighted by atomic mass is 32.2. The first kappa shape index (κ1) is 20.2. The van der Waals surface area contributed by atoms with Crippen LogP contribution in [0.2, 0.25) is 0 Å². The largest absolute Gasteiger partial charge is 0.366 e. The van der Waals surface area contributed by atoms with Crippen molar-refractivity contribution >= 4 is 29.4 Å². The van der Waals surface area contributed by atoms with Crippen LogP contribution in [0.1, 0.15) is 58.3 Å². The van der Waals surface area contributed by atoms with Gasteiger partial charge in [-0.05, 0) is 25.0 Å². The molecule has 0 spiro atoms. The SMILES string of the molecule is CCSC1CC(=O)N(CC(=O)COC2/C=C\CCCCCCC2)C1=O. The van der Waals surface area contributed by atoms with Gasteiger partial charge in [-0.3, -0.25) is 19.3 Å². The molecule has 1 fully saturated rings. The Balaban J connectivity index is 1.79. The number of imide groups is 1. The topological polar surface area (TPSA) is 63.7 Å². The van der Waals surface area contributed by atoms with Crippen LogP contribution in [0.4, 0.5) is 0 Å². The van der Waals surface area contributed by atoms with E-state index in [4.69, 9.17) is 4.74 Å². The van der Waals surface area contributed by atoms with Crippen LogP contribution in [0.25, 0.3) is 0 Å². The van der Waals surface area contributed by atoms with Gasteiger partial charge in [-0.2, -0.15) is 0 Å². The molecule has 5 nitrogen and oxygen atoms in total. The fourth-order valence-corrected chi connectivity index (χ4v) is 4.13. The third kappa shape index (κ3) is 6.59. The maximum atomic E-state index is 12.2. The van der Waals surface area contributed by atoms with E-state index in [1.54, 1.807) is 0 Å². The summed E-state index contributed by atoms with van der Waals surface area (Å²) in [6.45, 7) is 1.75. The monoisotopic (exact) mass is 367 g/mol. The number of allylic oxidation sites excluding steroid dienone is 1. The van der Waals surface area contributed by atoms with Crippen LogP contribution in [-0.2, 0) is 19.1 Å². The molecule has 0 aromatic rings. The predicted octanol–water partition coefficient (Wildman–Crippen LogP) is 3.12. The van der Waals surface area contributed by atoms with E-state index in [9.17, 15) is 14.4 Å². The normalized spacial score (nSPS) is 26.7. The molecule has 1 heterocycles. The Hall–Kier alpha value is -1.14. The molecule has 1 saturated heterocycles. The molecule has 2 amide bonds. The number of nitrogens with zero attached hydrogens (tertiary/aromatic N) is 1. The molecule has 0 N–H and O–H groups in total. The van der Waals surface area contributed by atoms with Crippen molar-refractivity contribution < 1.29 is 19.1 Å². The summed E-state index contributed by atoms with van der Waals surface area (Å²) in [5, 5.41) is -0.326. The van der Waals surface area contributed by atoms with E-state index in [0.717, 1.165) is 29.9 Å². The van der Waals surface area contributed by atoms with Crippen molar-refractivity contribution in [3.63, 3.8) is 0 Å². The van der Waals surface area contributed by atoms with Crippen molar-refractivity contribution in [1.29, 1.82) is 0 Å². The van der Waals surface area contributed by atoms with Crippen molar-refractivity contribution in [2.24, 2.45) is 0 Å². The molecule has 0 aromatic carbocycles. The first-order valence-electron chi connectivity index (χ1n) is 9.37. The molecule has 1 aliphatic heterocycles. The first-order valence-corrected chi connectivity index (χ1v) is 10.4.